The number of rotatable bonds is 3. The third-order valence-corrected chi connectivity index (χ3v) is 2.37. The first-order chi connectivity index (χ1) is 8.26. The Balaban J connectivity index is 2.43. The molecule has 0 atom stereocenters. The summed E-state index contributed by atoms with van der Waals surface area (Å²) in [7, 11) is 1.32. The van der Waals surface area contributed by atoms with Gasteiger partial charge in [-0.25, -0.2) is 4.79 Å². The molecule has 2 rings (SSSR count). The third-order valence-electron chi connectivity index (χ3n) is 2.37. The Morgan fingerprint density at radius 2 is 2.35 bits per heavy atom. The van der Waals surface area contributed by atoms with E-state index in [0.29, 0.717) is 22.4 Å². The van der Waals surface area contributed by atoms with E-state index in [9.17, 15) is 4.79 Å². The Labute approximate surface area is 97.6 Å². The number of methoxy groups -OCH3 is 1. The largest absolute Gasteiger partial charge is 0.465 e. The van der Waals surface area contributed by atoms with Gasteiger partial charge in [0.05, 0.1) is 19.3 Å². The van der Waals surface area contributed by atoms with Crippen LogP contribution < -0.4 is 0 Å². The molecule has 0 fully saturated rings. The lowest BCUT2D eigenvalue weighted by Crippen LogP contribution is -2.01. The average molecular weight is 233 g/mol. The molecule has 0 bridgehead atoms. The van der Waals surface area contributed by atoms with Crippen LogP contribution in [0.3, 0.4) is 0 Å². The van der Waals surface area contributed by atoms with Crippen molar-refractivity contribution in [3.63, 3.8) is 0 Å². The predicted octanol–water partition coefficient (Wildman–Crippen LogP) is 1.62. The SMILES string of the molecule is COC(=O)c1cccc(-c2nocc2CO)c1. The quantitative estimate of drug-likeness (QED) is 0.815. The van der Waals surface area contributed by atoms with Crippen molar-refractivity contribution in [2.75, 3.05) is 7.11 Å². The highest BCUT2D eigenvalue weighted by atomic mass is 16.5. The van der Waals surface area contributed by atoms with Crippen molar-refractivity contribution >= 4 is 5.97 Å². The second-order valence-electron chi connectivity index (χ2n) is 3.42. The van der Waals surface area contributed by atoms with Gasteiger partial charge >= 0.3 is 5.97 Å². The van der Waals surface area contributed by atoms with E-state index in [4.69, 9.17) is 9.63 Å². The summed E-state index contributed by atoms with van der Waals surface area (Å²) in [5.74, 6) is -0.416. The van der Waals surface area contributed by atoms with Crippen molar-refractivity contribution in [2.24, 2.45) is 0 Å². The van der Waals surface area contributed by atoms with E-state index in [0.717, 1.165) is 0 Å². The van der Waals surface area contributed by atoms with Crippen LogP contribution in [0.15, 0.2) is 35.1 Å². The summed E-state index contributed by atoms with van der Waals surface area (Å²) in [6.07, 6.45) is 1.38. The van der Waals surface area contributed by atoms with Gasteiger partial charge in [0.1, 0.15) is 12.0 Å². The van der Waals surface area contributed by atoms with E-state index >= 15 is 0 Å². The second-order valence-corrected chi connectivity index (χ2v) is 3.42. The van der Waals surface area contributed by atoms with E-state index in [1.54, 1.807) is 24.3 Å². The molecule has 5 heteroatoms. The summed E-state index contributed by atoms with van der Waals surface area (Å²) >= 11 is 0. The molecule has 0 aliphatic carbocycles. The molecule has 0 saturated heterocycles. The molecule has 0 aliphatic rings. The van der Waals surface area contributed by atoms with Gasteiger partial charge in [-0.2, -0.15) is 0 Å². The Hall–Kier alpha value is -2.14. The normalized spacial score (nSPS) is 10.2. The molecule has 88 valence electrons. The Morgan fingerprint density at radius 1 is 1.53 bits per heavy atom. The minimum atomic E-state index is -0.416. The highest BCUT2D eigenvalue weighted by Gasteiger charge is 2.12. The highest BCUT2D eigenvalue weighted by molar-refractivity contribution is 5.90. The number of esters is 1. The van der Waals surface area contributed by atoms with Crippen molar-refractivity contribution in [3.05, 3.63) is 41.7 Å². The monoisotopic (exact) mass is 233 g/mol. The number of carbonyl (C=O) groups is 1. The van der Waals surface area contributed by atoms with Crippen molar-refractivity contribution in [3.8, 4) is 11.3 Å². The lowest BCUT2D eigenvalue weighted by molar-refractivity contribution is 0.0601. The average Bonchev–Trinajstić information content (AvgIpc) is 2.86. The fraction of sp³-hybridized carbons (Fsp3) is 0.167. The second kappa shape index (κ2) is 4.80. The van der Waals surface area contributed by atoms with Crippen LogP contribution >= 0.6 is 0 Å². The summed E-state index contributed by atoms with van der Waals surface area (Å²) in [6, 6.07) is 6.79. The Bertz CT molecular complexity index is 533. The van der Waals surface area contributed by atoms with E-state index < -0.39 is 5.97 Å². The number of hydrogen-bond donors (Lipinski definition) is 1. The van der Waals surface area contributed by atoms with Crippen molar-refractivity contribution < 1.29 is 19.2 Å². The molecule has 2 aromatic rings. The standard InChI is InChI=1S/C12H11NO4/c1-16-12(15)9-4-2-3-8(5-9)11-10(6-14)7-17-13-11/h2-5,7,14H,6H2,1H3. The maximum Gasteiger partial charge on any atom is 0.337 e. The van der Waals surface area contributed by atoms with Gasteiger partial charge in [-0.05, 0) is 12.1 Å². The number of nitrogens with zero attached hydrogens (tertiary/aromatic N) is 1. The van der Waals surface area contributed by atoms with Crippen LogP contribution in [0, 0.1) is 0 Å². The Morgan fingerprint density at radius 3 is 3.06 bits per heavy atom. The molecule has 0 spiro atoms. The molecule has 1 N–H and O–H groups in total. The molecule has 5 nitrogen and oxygen atoms in total. The fourth-order valence-corrected chi connectivity index (χ4v) is 1.52. The first-order valence-electron chi connectivity index (χ1n) is 4.99. The van der Waals surface area contributed by atoms with Crippen LogP contribution in [0.1, 0.15) is 15.9 Å². The highest BCUT2D eigenvalue weighted by Crippen LogP contribution is 2.23. The molecular weight excluding hydrogens is 222 g/mol. The number of aliphatic hydroxyl groups is 1. The minimum Gasteiger partial charge on any atom is -0.465 e. The molecular formula is C12H11NO4. The van der Waals surface area contributed by atoms with Gasteiger partial charge in [0.15, 0.2) is 0 Å². The first-order valence-corrected chi connectivity index (χ1v) is 4.99. The molecule has 0 amide bonds. The molecule has 1 aromatic heterocycles. The van der Waals surface area contributed by atoms with Gasteiger partial charge in [-0.1, -0.05) is 17.3 Å². The molecule has 0 unspecified atom stereocenters. The van der Waals surface area contributed by atoms with Crippen molar-refractivity contribution in [2.45, 2.75) is 6.61 Å². The fourth-order valence-electron chi connectivity index (χ4n) is 1.52. The maximum absolute atomic E-state index is 11.4. The zero-order valence-corrected chi connectivity index (χ0v) is 9.21. The lowest BCUT2D eigenvalue weighted by atomic mass is 10.1. The zero-order valence-electron chi connectivity index (χ0n) is 9.21. The van der Waals surface area contributed by atoms with Crippen LogP contribution in [0.5, 0.6) is 0 Å². The molecule has 0 saturated carbocycles. The molecule has 0 radical (unpaired) electrons. The van der Waals surface area contributed by atoms with Gasteiger partial charge in [-0.15, -0.1) is 0 Å². The van der Waals surface area contributed by atoms with Crippen LogP contribution in [-0.4, -0.2) is 23.3 Å². The van der Waals surface area contributed by atoms with Gasteiger partial charge in [0.2, 0.25) is 0 Å². The first kappa shape index (κ1) is 11.3. The zero-order chi connectivity index (χ0) is 12.3. The van der Waals surface area contributed by atoms with Crippen molar-refractivity contribution in [1.82, 2.24) is 5.16 Å². The number of ether oxygens (including phenoxy) is 1. The van der Waals surface area contributed by atoms with Crippen molar-refractivity contribution in [1.29, 1.82) is 0 Å². The van der Waals surface area contributed by atoms with Gasteiger partial charge < -0.3 is 14.4 Å². The maximum atomic E-state index is 11.4. The van der Waals surface area contributed by atoms with E-state index in [-0.39, 0.29) is 6.61 Å². The number of benzene rings is 1. The lowest BCUT2D eigenvalue weighted by Gasteiger charge is -2.02. The smallest absolute Gasteiger partial charge is 0.337 e. The topological polar surface area (TPSA) is 72.6 Å². The predicted molar refractivity (Wildman–Crippen MR) is 59.2 cm³/mol. The van der Waals surface area contributed by atoms with Crippen LogP contribution in [0.4, 0.5) is 0 Å². The summed E-state index contributed by atoms with van der Waals surface area (Å²) < 4.78 is 9.42. The minimum absolute atomic E-state index is 0.165. The number of carbonyl (C=O) groups excluding carboxylic acids is 1. The van der Waals surface area contributed by atoms with E-state index in [1.807, 2.05) is 0 Å². The molecule has 17 heavy (non-hydrogen) atoms. The van der Waals surface area contributed by atoms with Gasteiger partial charge in [0.25, 0.3) is 0 Å². The Kier molecular flexibility index (Phi) is 3.20. The van der Waals surface area contributed by atoms with Gasteiger partial charge in [-0.3, -0.25) is 0 Å². The van der Waals surface area contributed by atoms with Crippen LogP contribution in [-0.2, 0) is 11.3 Å². The van der Waals surface area contributed by atoms with Crippen LogP contribution in [0.25, 0.3) is 11.3 Å². The molecule has 0 aliphatic heterocycles. The van der Waals surface area contributed by atoms with E-state index in [1.165, 1.54) is 13.4 Å². The van der Waals surface area contributed by atoms with Gasteiger partial charge in [0, 0.05) is 11.1 Å². The number of hydrogen-bond acceptors (Lipinski definition) is 5. The number of aromatic nitrogens is 1. The summed E-state index contributed by atoms with van der Waals surface area (Å²) in [5.41, 5.74) is 2.23. The summed E-state index contributed by atoms with van der Waals surface area (Å²) in [5, 5.41) is 12.9. The summed E-state index contributed by atoms with van der Waals surface area (Å²) in [4.78, 5) is 11.4. The third kappa shape index (κ3) is 2.19. The molecule has 1 heterocycles. The summed E-state index contributed by atoms with van der Waals surface area (Å²) in [6.45, 7) is -0.165. The van der Waals surface area contributed by atoms with Crippen LogP contribution in [0.2, 0.25) is 0 Å². The van der Waals surface area contributed by atoms with E-state index in [2.05, 4.69) is 9.89 Å². The number of aliphatic hydroxyl groups excluding tert-OH is 1. The molecule has 1 aromatic carbocycles.